The second-order valence-corrected chi connectivity index (χ2v) is 4.22. The van der Waals surface area contributed by atoms with Crippen molar-refractivity contribution in [3.8, 4) is 5.69 Å². The summed E-state index contributed by atoms with van der Waals surface area (Å²) in [4.78, 5) is 4.37. The van der Waals surface area contributed by atoms with E-state index in [-0.39, 0.29) is 0 Å². The highest BCUT2D eigenvalue weighted by atomic mass is 79.9. The third-order valence-electron chi connectivity index (χ3n) is 2.14. The highest BCUT2D eigenvalue weighted by Crippen LogP contribution is 2.19. The van der Waals surface area contributed by atoms with E-state index in [1.54, 1.807) is 0 Å². The molecule has 78 valence electrons. The third kappa shape index (κ3) is 2.04. The highest BCUT2D eigenvalue weighted by Gasteiger charge is 2.05. The summed E-state index contributed by atoms with van der Waals surface area (Å²) in [7, 11) is 1.87. The van der Waals surface area contributed by atoms with Gasteiger partial charge >= 0.3 is 0 Å². The molecule has 1 aromatic heterocycles. The number of nitrogens with zero attached hydrogens (tertiary/aromatic N) is 2. The maximum Gasteiger partial charge on any atom is 0.207 e. The average molecular weight is 266 g/mol. The minimum Gasteiger partial charge on any atom is -0.358 e. The molecule has 3 nitrogen and oxygen atoms in total. The molecule has 0 atom stereocenters. The number of hydrogen-bond acceptors (Lipinski definition) is 2. The molecule has 1 N–H and O–H groups in total. The Balaban J connectivity index is 2.53. The van der Waals surface area contributed by atoms with Gasteiger partial charge in [-0.3, -0.25) is 4.57 Å². The van der Waals surface area contributed by atoms with Gasteiger partial charge in [0, 0.05) is 23.4 Å². The van der Waals surface area contributed by atoms with E-state index in [0.717, 1.165) is 21.8 Å². The normalized spacial score (nSPS) is 10.3. The van der Waals surface area contributed by atoms with E-state index in [1.165, 1.54) is 0 Å². The van der Waals surface area contributed by atoms with Gasteiger partial charge in [0.05, 0.1) is 5.69 Å². The SMILES string of the molecule is CNc1nc(C)cn1-c1cccc(Br)c1. The molecule has 0 aliphatic heterocycles. The van der Waals surface area contributed by atoms with E-state index >= 15 is 0 Å². The zero-order chi connectivity index (χ0) is 10.8. The molecule has 0 saturated carbocycles. The Labute approximate surface area is 97.3 Å². The van der Waals surface area contributed by atoms with E-state index in [4.69, 9.17) is 0 Å². The van der Waals surface area contributed by atoms with Crippen LogP contribution in [0.25, 0.3) is 5.69 Å². The monoisotopic (exact) mass is 265 g/mol. The summed E-state index contributed by atoms with van der Waals surface area (Å²) >= 11 is 3.46. The van der Waals surface area contributed by atoms with Crippen LogP contribution in [0.4, 0.5) is 5.95 Å². The molecule has 0 saturated heterocycles. The molecule has 2 rings (SSSR count). The van der Waals surface area contributed by atoms with Crippen LogP contribution in [-0.2, 0) is 0 Å². The van der Waals surface area contributed by atoms with E-state index in [9.17, 15) is 0 Å². The number of imidazole rings is 1. The average Bonchev–Trinajstić information content (AvgIpc) is 2.59. The van der Waals surface area contributed by atoms with Crippen LogP contribution >= 0.6 is 15.9 Å². The lowest BCUT2D eigenvalue weighted by Gasteiger charge is -2.06. The maximum atomic E-state index is 4.37. The Morgan fingerprint density at radius 2 is 2.20 bits per heavy atom. The van der Waals surface area contributed by atoms with Gasteiger partial charge < -0.3 is 5.32 Å². The quantitative estimate of drug-likeness (QED) is 0.905. The predicted molar refractivity (Wildman–Crippen MR) is 65.5 cm³/mol. The van der Waals surface area contributed by atoms with Crippen LogP contribution in [0.15, 0.2) is 34.9 Å². The predicted octanol–water partition coefficient (Wildman–Crippen LogP) is 2.98. The number of anilines is 1. The molecule has 0 unspecified atom stereocenters. The van der Waals surface area contributed by atoms with Crippen molar-refractivity contribution >= 4 is 21.9 Å². The first-order valence-electron chi connectivity index (χ1n) is 4.70. The standard InChI is InChI=1S/C11H12BrN3/c1-8-7-15(11(13-2)14-8)10-5-3-4-9(12)6-10/h3-7H,1-2H3,(H,13,14). The van der Waals surface area contributed by atoms with E-state index in [0.29, 0.717) is 0 Å². The number of rotatable bonds is 2. The van der Waals surface area contributed by atoms with Crippen LogP contribution < -0.4 is 5.32 Å². The van der Waals surface area contributed by atoms with Crippen LogP contribution in [0.5, 0.6) is 0 Å². The molecule has 0 aliphatic rings. The number of aryl methyl sites for hydroxylation is 1. The largest absolute Gasteiger partial charge is 0.358 e. The minimum absolute atomic E-state index is 0.852. The second-order valence-electron chi connectivity index (χ2n) is 3.31. The Bertz CT molecular complexity index is 476. The molecule has 15 heavy (non-hydrogen) atoms. The number of nitrogens with one attached hydrogen (secondary N) is 1. The first kappa shape index (κ1) is 10.2. The van der Waals surface area contributed by atoms with Crippen molar-refractivity contribution in [3.63, 3.8) is 0 Å². The molecule has 0 fully saturated rings. The van der Waals surface area contributed by atoms with Crippen molar-refractivity contribution in [1.82, 2.24) is 9.55 Å². The molecule has 0 amide bonds. The van der Waals surface area contributed by atoms with Gasteiger partial charge in [0.2, 0.25) is 5.95 Å². The van der Waals surface area contributed by atoms with Gasteiger partial charge in [-0.15, -0.1) is 0 Å². The second kappa shape index (κ2) is 4.06. The van der Waals surface area contributed by atoms with Crippen LogP contribution in [0.2, 0.25) is 0 Å². The van der Waals surface area contributed by atoms with Crippen molar-refractivity contribution in [2.45, 2.75) is 6.92 Å². The summed E-state index contributed by atoms with van der Waals surface area (Å²) in [5.74, 6) is 0.852. The summed E-state index contributed by atoms with van der Waals surface area (Å²) < 4.78 is 3.09. The van der Waals surface area contributed by atoms with Gasteiger partial charge in [-0.2, -0.15) is 0 Å². The Kier molecular flexibility index (Phi) is 2.77. The van der Waals surface area contributed by atoms with Gasteiger partial charge in [-0.05, 0) is 25.1 Å². The third-order valence-corrected chi connectivity index (χ3v) is 2.63. The van der Waals surface area contributed by atoms with Gasteiger partial charge in [-0.25, -0.2) is 4.98 Å². The van der Waals surface area contributed by atoms with Gasteiger partial charge in [0.1, 0.15) is 0 Å². The zero-order valence-corrected chi connectivity index (χ0v) is 10.2. The summed E-state index contributed by atoms with van der Waals surface area (Å²) in [6.07, 6.45) is 2.01. The lowest BCUT2D eigenvalue weighted by molar-refractivity contribution is 1.05. The fraction of sp³-hybridized carbons (Fsp3) is 0.182. The number of benzene rings is 1. The molecule has 0 bridgehead atoms. The Morgan fingerprint density at radius 3 is 2.87 bits per heavy atom. The van der Waals surface area contributed by atoms with Crippen molar-refractivity contribution in [3.05, 3.63) is 40.6 Å². The maximum absolute atomic E-state index is 4.37. The minimum atomic E-state index is 0.852. The summed E-state index contributed by atoms with van der Waals surface area (Å²) in [6, 6.07) is 8.12. The van der Waals surface area contributed by atoms with Crippen molar-refractivity contribution < 1.29 is 0 Å². The molecule has 4 heteroatoms. The van der Waals surface area contributed by atoms with E-state index in [1.807, 2.05) is 42.9 Å². The Hall–Kier alpha value is -1.29. The van der Waals surface area contributed by atoms with Crippen molar-refractivity contribution in [2.75, 3.05) is 12.4 Å². The fourth-order valence-corrected chi connectivity index (χ4v) is 1.88. The van der Waals surface area contributed by atoms with Crippen molar-refractivity contribution in [1.29, 1.82) is 0 Å². The topological polar surface area (TPSA) is 29.9 Å². The molecular weight excluding hydrogens is 254 g/mol. The first-order chi connectivity index (χ1) is 7.20. The highest BCUT2D eigenvalue weighted by molar-refractivity contribution is 9.10. The number of hydrogen-bond donors (Lipinski definition) is 1. The molecule has 1 heterocycles. The molecular formula is C11H12BrN3. The smallest absolute Gasteiger partial charge is 0.207 e. The van der Waals surface area contributed by atoms with Gasteiger partial charge in [0.25, 0.3) is 0 Å². The van der Waals surface area contributed by atoms with Gasteiger partial charge in [-0.1, -0.05) is 22.0 Å². The molecule has 2 aromatic rings. The molecule has 0 aliphatic carbocycles. The van der Waals surface area contributed by atoms with Crippen LogP contribution in [0, 0.1) is 6.92 Å². The zero-order valence-electron chi connectivity index (χ0n) is 8.66. The summed E-state index contributed by atoms with van der Waals surface area (Å²) in [6.45, 7) is 1.98. The molecule has 1 aromatic carbocycles. The lowest BCUT2D eigenvalue weighted by Crippen LogP contribution is -2.00. The van der Waals surface area contributed by atoms with Crippen LogP contribution in [0.1, 0.15) is 5.69 Å². The van der Waals surface area contributed by atoms with Gasteiger partial charge in [0.15, 0.2) is 0 Å². The van der Waals surface area contributed by atoms with Crippen LogP contribution in [0.3, 0.4) is 0 Å². The van der Waals surface area contributed by atoms with E-state index < -0.39 is 0 Å². The number of aromatic nitrogens is 2. The van der Waals surface area contributed by atoms with E-state index in [2.05, 4.69) is 32.3 Å². The molecule has 0 radical (unpaired) electrons. The Morgan fingerprint density at radius 1 is 1.40 bits per heavy atom. The first-order valence-corrected chi connectivity index (χ1v) is 5.49. The summed E-state index contributed by atoms with van der Waals surface area (Å²) in [5.41, 5.74) is 2.09. The summed E-state index contributed by atoms with van der Waals surface area (Å²) in [5, 5.41) is 3.07. The fourth-order valence-electron chi connectivity index (χ4n) is 1.50. The molecule has 0 spiro atoms. The number of halogens is 1. The van der Waals surface area contributed by atoms with Crippen LogP contribution in [-0.4, -0.2) is 16.6 Å². The lowest BCUT2D eigenvalue weighted by atomic mass is 10.3. The van der Waals surface area contributed by atoms with Crippen molar-refractivity contribution in [2.24, 2.45) is 0 Å².